The van der Waals surface area contributed by atoms with E-state index in [2.05, 4.69) is 5.92 Å². The molecule has 94 valence electrons. The average Bonchev–Trinajstić information content (AvgIpc) is 2.73. The first-order valence-electron chi connectivity index (χ1n) is 6.08. The number of nitrogen functional groups attached to an aromatic ring is 1. The molecule has 0 bridgehead atoms. The zero-order valence-electron chi connectivity index (χ0n) is 10.3. The quantitative estimate of drug-likeness (QED) is 0.499. The lowest BCUT2D eigenvalue weighted by molar-refractivity contribution is 0.220. The number of unbranched alkanes of at least 4 members (excludes halogenated alkanes) is 1. The van der Waals surface area contributed by atoms with Gasteiger partial charge in [-0.3, -0.25) is 4.90 Å². The Bertz CT molecular complexity index is 461. The van der Waals surface area contributed by atoms with Crippen molar-refractivity contribution < 1.29 is 4.79 Å². The van der Waals surface area contributed by atoms with E-state index in [1.165, 1.54) is 0 Å². The van der Waals surface area contributed by atoms with E-state index in [1.54, 1.807) is 4.90 Å². The fourth-order valence-electron chi connectivity index (χ4n) is 2.06. The number of hydrogen-bond donors (Lipinski definition) is 1. The van der Waals surface area contributed by atoms with Crippen molar-refractivity contribution in [2.24, 2.45) is 0 Å². The highest BCUT2D eigenvalue weighted by Crippen LogP contribution is 2.21. The molecule has 4 nitrogen and oxygen atoms in total. The fraction of sp³-hybridized carbons (Fsp3) is 0.357. The molecule has 0 atom stereocenters. The molecule has 2 rings (SSSR count). The van der Waals surface area contributed by atoms with E-state index in [1.807, 2.05) is 29.2 Å². The van der Waals surface area contributed by atoms with Crippen molar-refractivity contribution in [3.63, 3.8) is 0 Å². The first-order chi connectivity index (χ1) is 8.72. The van der Waals surface area contributed by atoms with Gasteiger partial charge in [-0.2, -0.15) is 0 Å². The van der Waals surface area contributed by atoms with Crippen LogP contribution >= 0.6 is 0 Å². The minimum Gasteiger partial charge on any atom is -0.399 e. The molecule has 0 radical (unpaired) electrons. The predicted octanol–water partition coefficient (Wildman–Crippen LogP) is 1.92. The van der Waals surface area contributed by atoms with Gasteiger partial charge in [0, 0.05) is 37.4 Å². The van der Waals surface area contributed by atoms with Crippen molar-refractivity contribution in [1.29, 1.82) is 0 Å². The highest BCUT2D eigenvalue weighted by atomic mass is 16.2. The molecule has 0 saturated carbocycles. The Labute approximate surface area is 107 Å². The van der Waals surface area contributed by atoms with Crippen LogP contribution in [0.3, 0.4) is 0 Å². The molecule has 2 N–H and O–H groups in total. The van der Waals surface area contributed by atoms with Crippen molar-refractivity contribution >= 4 is 17.4 Å². The van der Waals surface area contributed by atoms with E-state index in [0.29, 0.717) is 12.1 Å². The molecule has 1 aromatic carbocycles. The maximum Gasteiger partial charge on any atom is 0.324 e. The van der Waals surface area contributed by atoms with E-state index < -0.39 is 0 Å². The van der Waals surface area contributed by atoms with Crippen molar-refractivity contribution in [3.8, 4) is 12.3 Å². The van der Waals surface area contributed by atoms with Gasteiger partial charge in [-0.15, -0.1) is 12.3 Å². The number of benzene rings is 1. The van der Waals surface area contributed by atoms with E-state index >= 15 is 0 Å². The normalized spacial score (nSPS) is 14.9. The monoisotopic (exact) mass is 243 g/mol. The van der Waals surface area contributed by atoms with Crippen molar-refractivity contribution in [2.45, 2.75) is 12.8 Å². The number of anilines is 2. The predicted molar refractivity (Wildman–Crippen MR) is 73.2 cm³/mol. The molecule has 1 aliphatic heterocycles. The van der Waals surface area contributed by atoms with Crippen molar-refractivity contribution in [3.05, 3.63) is 24.3 Å². The highest BCUT2D eigenvalue weighted by Gasteiger charge is 2.28. The molecule has 18 heavy (non-hydrogen) atoms. The molecule has 1 heterocycles. The average molecular weight is 243 g/mol. The third kappa shape index (κ3) is 2.57. The summed E-state index contributed by atoms with van der Waals surface area (Å²) in [6.45, 7) is 2.21. The highest BCUT2D eigenvalue weighted by molar-refractivity contribution is 5.94. The summed E-state index contributed by atoms with van der Waals surface area (Å²) >= 11 is 0. The molecule has 0 unspecified atom stereocenters. The largest absolute Gasteiger partial charge is 0.399 e. The van der Waals surface area contributed by atoms with E-state index in [4.69, 9.17) is 12.2 Å². The maximum absolute atomic E-state index is 12.2. The van der Waals surface area contributed by atoms with Crippen LogP contribution in [0.25, 0.3) is 0 Å². The lowest BCUT2D eigenvalue weighted by Crippen LogP contribution is -2.32. The van der Waals surface area contributed by atoms with Gasteiger partial charge < -0.3 is 10.6 Å². The molecule has 1 fully saturated rings. The molecular formula is C14H17N3O. The Hall–Kier alpha value is -2.15. The van der Waals surface area contributed by atoms with Crippen LogP contribution in [0.1, 0.15) is 12.8 Å². The minimum absolute atomic E-state index is 0.0526. The molecule has 2 amide bonds. The number of nitrogens with two attached hydrogens (primary N) is 1. The molecule has 0 spiro atoms. The molecule has 4 heteroatoms. The van der Waals surface area contributed by atoms with Gasteiger partial charge in [0.1, 0.15) is 0 Å². The maximum atomic E-state index is 12.2. The zero-order valence-corrected chi connectivity index (χ0v) is 10.3. The molecule has 1 saturated heterocycles. The summed E-state index contributed by atoms with van der Waals surface area (Å²) in [5.41, 5.74) is 7.24. The minimum atomic E-state index is 0.0526. The van der Waals surface area contributed by atoms with Gasteiger partial charge in [0.2, 0.25) is 0 Å². The van der Waals surface area contributed by atoms with Crippen LogP contribution in [0.15, 0.2) is 24.3 Å². The summed E-state index contributed by atoms with van der Waals surface area (Å²) in [6, 6.07) is 7.42. The first-order valence-corrected chi connectivity index (χ1v) is 6.08. The lowest BCUT2D eigenvalue weighted by atomic mass is 10.2. The summed E-state index contributed by atoms with van der Waals surface area (Å²) in [7, 11) is 0. The number of rotatable bonds is 4. The van der Waals surface area contributed by atoms with Crippen LogP contribution in [0.2, 0.25) is 0 Å². The van der Waals surface area contributed by atoms with Crippen LogP contribution in [-0.4, -0.2) is 30.6 Å². The molecule has 0 aromatic heterocycles. The molecule has 1 aromatic rings. The number of urea groups is 1. The Morgan fingerprint density at radius 2 is 2.00 bits per heavy atom. The molecule has 0 aliphatic carbocycles. The van der Waals surface area contributed by atoms with Crippen LogP contribution in [-0.2, 0) is 0 Å². The molecule has 1 aliphatic rings. The smallest absolute Gasteiger partial charge is 0.324 e. The summed E-state index contributed by atoms with van der Waals surface area (Å²) < 4.78 is 0. The van der Waals surface area contributed by atoms with E-state index in [-0.39, 0.29) is 6.03 Å². The second-order valence-corrected chi connectivity index (χ2v) is 4.32. The summed E-state index contributed by atoms with van der Waals surface area (Å²) in [5, 5.41) is 0. The zero-order chi connectivity index (χ0) is 13.0. The van der Waals surface area contributed by atoms with Crippen LogP contribution in [0.5, 0.6) is 0 Å². The Kier molecular flexibility index (Phi) is 3.73. The van der Waals surface area contributed by atoms with Gasteiger partial charge in [0.15, 0.2) is 0 Å². The standard InChI is InChI=1S/C14H17N3O/c1-2-3-4-9-16-10-11-17(14(16)18)13-7-5-12(15)6-8-13/h1,5-8H,3-4,9-11,15H2. The summed E-state index contributed by atoms with van der Waals surface area (Å²) in [4.78, 5) is 15.8. The number of carbonyl (C=O) groups is 1. The van der Waals surface area contributed by atoms with Gasteiger partial charge >= 0.3 is 6.03 Å². The van der Waals surface area contributed by atoms with Gasteiger partial charge in [0.25, 0.3) is 0 Å². The van der Waals surface area contributed by atoms with Gasteiger partial charge in [-0.1, -0.05) is 0 Å². The van der Waals surface area contributed by atoms with Crippen LogP contribution < -0.4 is 10.6 Å². The summed E-state index contributed by atoms with van der Waals surface area (Å²) in [6.07, 6.45) is 6.78. The third-order valence-corrected chi connectivity index (χ3v) is 3.05. The first kappa shape index (κ1) is 12.3. The SMILES string of the molecule is C#CCCCN1CCN(c2ccc(N)cc2)C1=O. The fourth-order valence-corrected chi connectivity index (χ4v) is 2.06. The van der Waals surface area contributed by atoms with E-state index in [0.717, 1.165) is 31.7 Å². The lowest BCUT2D eigenvalue weighted by Gasteiger charge is -2.18. The Balaban J connectivity index is 1.99. The third-order valence-electron chi connectivity index (χ3n) is 3.05. The number of carbonyl (C=O) groups excluding carboxylic acids is 1. The number of hydrogen-bond acceptors (Lipinski definition) is 2. The van der Waals surface area contributed by atoms with Crippen LogP contribution in [0, 0.1) is 12.3 Å². The number of terminal acetylenes is 1. The number of nitrogens with zero attached hydrogens (tertiary/aromatic N) is 2. The van der Waals surface area contributed by atoms with Gasteiger partial charge in [0.05, 0.1) is 0 Å². The van der Waals surface area contributed by atoms with E-state index in [9.17, 15) is 4.79 Å². The van der Waals surface area contributed by atoms with Crippen molar-refractivity contribution in [2.75, 3.05) is 30.3 Å². The van der Waals surface area contributed by atoms with Gasteiger partial charge in [-0.05, 0) is 30.7 Å². The van der Waals surface area contributed by atoms with Crippen LogP contribution in [0.4, 0.5) is 16.2 Å². The number of amides is 2. The summed E-state index contributed by atoms with van der Waals surface area (Å²) in [5.74, 6) is 2.59. The van der Waals surface area contributed by atoms with Crippen molar-refractivity contribution in [1.82, 2.24) is 4.90 Å². The Morgan fingerprint density at radius 3 is 2.67 bits per heavy atom. The Morgan fingerprint density at radius 1 is 1.28 bits per heavy atom. The topological polar surface area (TPSA) is 49.6 Å². The van der Waals surface area contributed by atoms with Gasteiger partial charge in [-0.25, -0.2) is 4.79 Å². The molecular weight excluding hydrogens is 226 g/mol. The second-order valence-electron chi connectivity index (χ2n) is 4.32. The second kappa shape index (κ2) is 5.46.